The fourth-order valence-electron chi connectivity index (χ4n) is 1.90. The summed E-state index contributed by atoms with van der Waals surface area (Å²) in [5, 5.41) is 0. The van der Waals surface area contributed by atoms with E-state index in [1.807, 2.05) is 0 Å². The summed E-state index contributed by atoms with van der Waals surface area (Å²) in [6.45, 7) is 2.09. The molecule has 0 saturated carbocycles. The van der Waals surface area contributed by atoms with Crippen molar-refractivity contribution < 1.29 is 0 Å². The van der Waals surface area contributed by atoms with Gasteiger partial charge in [-0.25, -0.2) is 0 Å². The van der Waals surface area contributed by atoms with Crippen molar-refractivity contribution >= 4 is 17.4 Å². The number of benzene rings is 1. The second-order valence-electron chi connectivity index (χ2n) is 3.67. The van der Waals surface area contributed by atoms with Crippen LogP contribution < -0.4 is 10.6 Å². The number of nitrogens with zero attached hydrogens (tertiary/aromatic N) is 1. The lowest BCUT2D eigenvalue weighted by Crippen LogP contribution is -2.26. The van der Waals surface area contributed by atoms with Crippen LogP contribution in [0.4, 0.5) is 5.69 Å². The number of thioether (sulfide) groups is 1. The minimum Gasteiger partial charge on any atom is -0.369 e. The summed E-state index contributed by atoms with van der Waals surface area (Å²) in [6, 6.07) is 8.89. The Morgan fingerprint density at radius 3 is 2.86 bits per heavy atom. The molecule has 1 unspecified atom stereocenters. The maximum absolute atomic E-state index is 5.91. The Kier molecular flexibility index (Phi) is 2.99. The van der Waals surface area contributed by atoms with Crippen LogP contribution in [0.25, 0.3) is 0 Å². The van der Waals surface area contributed by atoms with Gasteiger partial charge in [0.1, 0.15) is 0 Å². The third-order valence-electron chi connectivity index (χ3n) is 2.65. The predicted molar refractivity (Wildman–Crippen MR) is 63.0 cm³/mol. The molecule has 1 aliphatic heterocycles. The van der Waals surface area contributed by atoms with E-state index in [2.05, 4.69) is 35.4 Å². The Labute approximate surface area is 89.5 Å². The Morgan fingerprint density at radius 2 is 2.21 bits per heavy atom. The van der Waals surface area contributed by atoms with Gasteiger partial charge in [-0.15, -0.1) is 11.8 Å². The predicted octanol–water partition coefficient (Wildman–Crippen LogP) is 1.95. The van der Waals surface area contributed by atoms with Crippen LogP contribution in [0.2, 0.25) is 0 Å². The summed E-state index contributed by atoms with van der Waals surface area (Å²) in [5.74, 6) is 0. The van der Waals surface area contributed by atoms with Crippen LogP contribution in [0.1, 0.15) is 6.42 Å². The highest BCUT2D eigenvalue weighted by atomic mass is 32.2. The number of hydrogen-bond donors (Lipinski definition) is 1. The largest absolute Gasteiger partial charge is 0.369 e. The SMILES string of the molecule is CSc1ccccc1N1CCC(N)C1. The molecule has 1 aromatic rings. The molecule has 14 heavy (non-hydrogen) atoms. The maximum Gasteiger partial charge on any atom is 0.0504 e. The lowest BCUT2D eigenvalue weighted by Gasteiger charge is -2.20. The molecule has 3 heteroatoms. The van der Waals surface area contributed by atoms with Gasteiger partial charge in [-0.1, -0.05) is 12.1 Å². The molecule has 1 fully saturated rings. The zero-order valence-corrected chi connectivity index (χ0v) is 9.26. The second-order valence-corrected chi connectivity index (χ2v) is 4.51. The fourth-order valence-corrected chi connectivity index (χ4v) is 2.52. The molecule has 0 spiro atoms. The van der Waals surface area contributed by atoms with Gasteiger partial charge in [0.25, 0.3) is 0 Å². The number of hydrogen-bond acceptors (Lipinski definition) is 3. The van der Waals surface area contributed by atoms with E-state index in [1.54, 1.807) is 11.8 Å². The first kappa shape index (κ1) is 9.87. The van der Waals surface area contributed by atoms with E-state index < -0.39 is 0 Å². The van der Waals surface area contributed by atoms with Crippen molar-refractivity contribution in [2.24, 2.45) is 5.73 Å². The van der Waals surface area contributed by atoms with Gasteiger partial charge >= 0.3 is 0 Å². The van der Waals surface area contributed by atoms with E-state index in [0.29, 0.717) is 6.04 Å². The van der Waals surface area contributed by atoms with Gasteiger partial charge in [-0.05, 0) is 24.8 Å². The third-order valence-corrected chi connectivity index (χ3v) is 3.44. The second kappa shape index (κ2) is 4.24. The Hall–Kier alpha value is -0.670. The molecule has 0 aliphatic carbocycles. The van der Waals surface area contributed by atoms with Crippen LogP contribution in [-0.2, 0) is 0 Å². The average molecular weight is 208 g/mol. The quantitative estimate of drug-likeness (QED) is 0.753. The van der Waals surface area contributed by atoms with Gasteiger partial charge in [0.2, 0.25) is 0 Å². The Bertz CT molecular complexity index is 314. The third kappa shape index (κ3) is 1.88. The van der Waals surface area contributed by atoms with Crippen molar-refractivity contribution in [1.29, 1.82) is 0 Å². The minimum absolute atomic E-state index is 0.352. The Morgan fingerprint density at radius 1 is 1.43 bits per heavy atom. The molecule has 1 heterocycles. The summed E-state index contributed by atoms with van der Waals surface area (Å²) in [4.78, 5) is 3.73. The van der Waals surface area contributed by atoms with Crippen molar-refractivity contribution in [2.45, 2.75) is 17.4 Å². The molecule has 0 aromatic heterocycles. The first-order valence-corrected chi connectivity index (χ1v) is 6.17. The molecule has 2 rings (SSSR count). The van der Waals surface area contributed by atoms with E-state index in [4.69, 9.17) is 5.73 Å². The van der Waals surface area contributed by atoms with E-state index in [9.17, 15) is 0 Å². The van der Waals surface area contributed by atoms with E-state index >= 15 is 0 Å². The topological polar surface area (TPSA) is 29.3 Å². The molecule has 1 atom stereocenters. The van der Waals surface area contributed by atoms with Gasteiger partial charge in [0.05, 0.1) is 5.69 Å². The van der Waals surface area contributed by atoms with Crippen molar-refractivity contribution in [3.05, 3.63) is 24.3 Å². The first-order chi connectivity index (χ1) is 6.81. The van der Waals surface area contributed by atoms with Gasteiger partial charge < -0.3 is 10.6 Å². The van der Waals surface area contributed by atoms with Crippen LogP contribution in [0.3, 0.4) is 0 Å². The highest BCUT2D eigenvalue weighted by Crippen LogP contribution is 2.30. The molecule has 76 valence electrons. The molecule has 0 radical (unpaired) electrons. The summed E-state index contributed by atoms with van der Waals surface area (Å²) in [6.07, 6.45) is 3.23. The highest BCUT2D eigenvalue weighted by molar-refractivity contribution is 7.98. The molecular formula is C11H16N2S. The standard InChI is InChI=1S/C11H16N2S/c1-14-11-5-3-2-4-10(11)13-7-6-9(12)8-13/h2-5,9H,6-8,12H2,1H3. The van der Waals surface area contributed by atoms with Gasteiger partial charge in [-0.2, -0.15) is 0 Å². The van der Waals surface area contributed by atoms with Crippen molar-refractivity contribution in [2.75, 3.05) is 24.2 Å². The van der Waals surface area contributed by atoms with E-state index in [-0.39, 0.29) is 0 Å². The normalized spacial score (nSPS) is 21.6. The minimum atomic E-state index is 0.352. The van der Waals surface area contributed by atoms with Crippen molar-refractivity contribution in [1.82, 2.24) is 0 Å². The zero-order valence-electron chi connectivity index (χ0n) is 8.44. The van der Waals surface area contributed by atoms with Gasteiger partial charge in [-0.3, -0.25) is 0 Å². The molecular weight excluding hydrogens is 192 g/mol. The van der Waals surface area contributed by atoms with Crippen molar-refractivity contribution in [3.8, 4) is 0 Å². The van der Waals surface area contributed by atoms with Crippen LogP contribution in [0, 0.1) is 0 Å². The van der Waals surface area contributed by atoms with Gasteiger partial charge in [0.15, 0.2) is 0 Å². The van der Waals surface area contributed by atoms with Gasteiger partial charge in [0, 0.05) is 24.0 Å². The smallest absolute Gasteiger partial charge is 0.0504 e. The summed E-state index contributed by atoms with van der Waals surface area (Å²) < 4.78 is 0. The van der Waals surface area contributed by atoms with Crippen LogP contribution in [-0.4, -0.2) is 25.4 Å². The fraction of sp³-hybridized carbons (Fsp3) is 0.455. The molecule has 0 bridgehead atoms. The first-order valence-electron chi connectivity index (χ1n) is 4.95. The zero-order chi connectivity index (χ0) is 9.97. The van der Waals surface area contributed by atoms with Crippen LogP contribution >= 0.6 is 11.8 Å². The molecule has 2 N–H and O–H groups in total. The number of anilines is 1. The van der Waals surface area contributed by atoms with E-state index in [0.717, 1.165) is 19.5 Å². The molecule has 1 saturated heterocycles. The number of rotatable bonds is 2. The molecule has 1 aromatic carbocycles. The van der Waals surface area contributed by atoms with E-state index in [1.165, 1.54) is 10.6 Å². The van der Waals surface area contributed by atoms with Crippen LogP contribution in [0.15, 0.2) is 29.2 Å². The van der Waals surface area contributed by atoms with Crippen LogP contribution in [0.5, 0.6) is 0 Å². The monoisotopic (exact) mass is 208 g/mol. The molecule has 0 amide bonds. The maximum atomic E-state index is 5.91. The Balaban J connectivity index is 2.22. The lowest BCUT2D eigenvalue weighted by atomic mass is 10.3. The number of nitrogens with two attached hydrogens (primary N) is 1. The highest BCUT2D eigenvalue weighted by Gasteiger charge is 2.20. The summed E-state index contributed by atoms with van der Waals surface area (Å²) >= 11 is 1.80. The summed E-state index contributed by atoms with van der Waals surface area (Å²) in [5.41, 5.74) is 7.25. The number of para-hydroxylation sites is 1. The lowest BCUT2D eigenvalue weighted by molar-refractivity contribution is 0.752. The average Bonchev–Trinajstić information content (AvgIpc) is 2.65. The summed E-state index contributed by atoms with van der Waals surface area (Å²) in [7, 11) is 0. The molecule has 2 nitrogen and oxygen atoms in total. The van der Waals surface area contributed by atoms with Crippen molar-refractivity contribution in [3.63, 3.8) is 0 Å². The molecule has 1 aliphatic rings.